The maximum atomic E-state index is 4.63. The number of nitrogens with one attached hydrogen (secondary N) is 1. The molecule has 1 aliphatic rings. The molecule has 28 heavy (non-hydrogen) atoms. The van der Waals surface area contributed by atoms with Crippen LogP contribution in [0, 0.1) is 6.92 Å². The molecule has 1 saturated heterocycles. The fourth-order valence-electron chi connectivity index (χ4n) is 3.99. The van der Waals surface area contributed by atoms with Gasteiger partial charge in [-0.3, -0.25) is 14.9 Å². The van der Waals surface area contributed by atoms with Gasteiger partial charge in [-0.1, -0.05) is 18.2 Å². The second-order valence-corrected chi connectivity index (χ2v) is 7.54. The first-order valence-electron chi connectivity index (χ1n) is 9.99. The third-order valence-electron chi connectivity index (χ3n) is 5.43. The Balaban J connectivity index is 0.00000225. The molecule has 5 heteroatoms. The second-order valence-electron chi connectivity index (χ2n) is 7.54. The van der Waals surface area contributed by atoms with E-state index in [4.69, 9.17) is 0 Å². The molecule has 0 spiro atoms. The SMILES string of the molecule is Cc1ccc2cc(CN(Cc3ccccn3)C3CCCNCC3)ccc2n1.Cl. The maximum absolute atomic E-state index is 4.63. The molecular formula is C23H29ClN4. The van der Waals surface area contributed by atoms with Gasteiger partial charge in [0, 0.05) is 36.4 Å². The van der Waals surface area contributed by atoms with E-state index < -0.39 is 0 Å². The first kappa shape index (κ1) is 20.7. The molecule has 0 aliphatic carbocycles. The molecule has 1 atom stereocenters. The Bertz CT molecular complexity index is 876. The molecule has 0 bridgehead atoms. The Hall–Kier alpha value is -2.01. The van der Waals surface area contributed by atoms with Crippen molar-refractivity contribution in [3.8, 4) is 0 Å². The van der Waals surface area contributed by atoms with Crippen molar-refractivity contribution in [2.75, 3.05) is 13.1 Å². The minimum Gasteiger partial charge on any atom is -0.317 e. The number of pyridine rings is 2. The minimum atomic E-state index is 0. The molecule has 1 fully saturated rings. The van der Waals surface area contributed by atoms with E-state index in [2.05, 4.69) is 62.6 Å². The molecule has 148 valence electrons. The Morgan fingerprint density at radius 2 is 1.96 bits per heavy atom. The van der Waals surface area contributed by atoms with Crippen molar-refractivity contribution >= 4 is 23.3 Å². The number of halogens is 1. The lowest BCUT2D eigenvalue weighted by molar-refractivity contribution is 0.162. The van der Waals surface area contributed by atoms with Gasteiger partial charge in [0.2, 0.25) is 0 Å². The number of nitrogens with zero attached hydrogens (tertiary/aromatic N) is 3. The Labute approximate surface area is 173 Å². The van der Waals surface area contributed by atoms with Crippen LogP contribution in [0.5, 0.6) is 0 Å². The Morgan fingerprint density at radius 3 is 2.82 bits per heavy atom. The predicted octanol–water partition coefficient (Wildman–Crippen LogP) is 4.50. The summed E-state index contributed by atoms with van der Waals surface area (Å²) in [5.74, 6) is 0. The third-order valence-corrected chi connectivity index (χ3v) is 5.43. The summed E-state index contributed by atoms with van der Waals surface area (Å²) in [6, 6.07) is 17.8. The number of hydrogen-bond donors (Lipinski definition) is 1. The average molecular weight is 397 g/mol. The van der Waals surface area contributed by atoms with Crippen LogP contribution in [0.2, 0.25) is 0 Å². The highest BCUT2D eigenvalue weighted by molar-refractivity contribution is 5.85. The van der Waals surface area contributed by atoms with Crippen LogP contribution in [-0.2, 0) is 13.1 Å². The van der Waals surface area contributed by atoms with Gasteiger partial charge in [0.15, 0.2) is 0 Å². The fraction of sp³-hybridized carbons (Fsp3) is 0.391. The highest BCUT2D eigenvalue weighted by Crippen LogP contribution is 2.21. The normalized spacial score (nSPS) is 17.3. The lowest BCUT2D eigenvalue weighted by Gasteiger charge is -2.31. The van der Waals surface area contributed by atoms with Gasteiger partial charge in [0.05, 0.1) is 11.2 Å². The minimum absolute atomic E-state index is 0. The highest BCUT2D eigenvalue weighted by Gasteiger charge is 2.21. The average Bonchev–Trinajstić information content (AvgIpc) is 2.98. The second kappa shape index (κ2) is 9.97. The molecule has 3 heterocycles. The van der Waals surface area contributed by atoms with E-state index in [1.165, 1.54) is 30.2 Å². The fourth-order valence-corrected chi connectivity index (χ4v) is 3.99. The number of fused-ring (bicyclic) bond motifs is 1. The molecule has 0 amide bonds. The first-order chi connectivity index (χ1) is 13.3. The zero-order chi connectivity index (χ0) is 18.5. The van der Waals surface area contributed by atoms with Gasteiger partial charge in [0.1, 0.15) is 0 Å². The van der Waals surface area contributed by atoms with Gasteiger partial charge in [-0.15, -0.1) is 12.4 Å². The summed E-state index contributed by atoms with van der Waals surface area (Å²) in [6.45, 7) is 6.13. The summed E-state index contributed by atoms with van der Waals surface area (Å²) in [4.78, 5) is 11.8. The van der Waals surface area contributed by atoms with Crippen LogP contribution in [0.3, 0.4) is 0 Å². The summed E-state index contributed by atoms with van der Waals surface area (Å²) in [5, 5.41) is 4.76. The molecule has 0 radical (unpaired) electrons. The Kier molecular flexibility index (Phi) is 7.37. The van der Waals surface area contributed by atoms with Crippen molar-refractivity contribution in [1.29, 1.82) is 0 Å². The largest absolute Gasteiger partial charge is 0.317 e. The van der Waals surface area contributed by atoms with Crippen LogP contribution in [0.4, 0.5) is 0 Å². The van der Waals surface area contributed by atoms with Crippen molar-refractivity contribution in [1.82, 2.24) is 20.2 Å². The van der Waals surface area contributed by atoms with Crippen molar-refractivity contribution in [2.45, 2.75) is 45.3 Å². The lowest BCUT2D eigenvalue weighted by Crippen LogP contribution is -2.35. The van der Waals surface area contributed by atoms with Crippen LogP contribution in [0.25, 0.3) is 10.9 Å². The van der Waals surface area contributed by atoms with Gasteiger partial charge < -0.3 is 5.32 Å². The topological polar surface area (TPSA) is 41.1 Å². The van der Waals surface area contributed by atoms with Crippen LogP contribution in [0.15, 0.2) is 54.7 Å². The van der Waals surface area contributed by atoms with E-state index in [1.807, 2.05) is 19.2 Å². The molecule has 0 saturated carbocycles. The van der Waals surface area contributed by atoms with Gasteiger partial charge in [-0.05, 0) is 75.2 Å². The third kappa shape index (κ3) is 5.28. The van der Waals surface area contributed by atoms with E-state index in [0.29, 0.717) is 6.04 Å². The van der Waals surface area contributed by atoms with Crippen molar-refractivity contribution in [3.05, 3.63) is 71.7 Å². The molecular weight excluding hydrogens is 368 g/mol. The summed E-state index contributed by atoms with van der Waals surface area (Å²) >= 11 is 0. The number of hydrogen-bond acceptors (Lipinski definition) is 4. The molecule has 1 aromatic carbocycles. The molecule has 3 aromatic rings. The van der Waals surface area contributed by atoms with Crippen molar-refractivity contribution in [3.63, 3.8) is 0 Å². The quantitative estimate of drug-likeness (QED) is 0.689. The lowest BCUT2D eigenvalue weighted by atomic mass is 10.0. The van der Waals surface area contributed by atoms with E-state index in [0.717, 1.165) is 43.1 Å². The zero-order valence-electron chi connectivity index (χ0n) is 16.5. The molecule has 4 rings (SSSR count). The standard InChI is InChI=1S/C23H28N4.ClH/c1-18-7-9-20-15-19(8-10-23(20)26-18)16-27(17-21-5-2-3-13-25-21)22-6-4-12-24-14-11-22;/h2-3,5,7-10,13,15,22,24H,4,6,11-12,14,16-17H2,1H3;1H. The van der Waals surface area contributed by atoms with Gasteiger partial charge in [0.25, 0.3) is 0 Å². The summed E-state index contributed by atoms with van der Waals surface area (Å²) in [5.41, 5.74) is 4.64. The number of benzene rings is 1. The van der Waals surface area contributed by atoms with E-state index in [9.17, 15) is 0 Å². The smallest absolute Gasteiger partial charge is 0.0705 e. The van der Waals surface area contributed by atoms with E-state index >= 15 is 0 Å². The number of rotatable bonds is 5. The van der Waals surface area contributed by atoms with Crippen LogP contribution < -0.4 is 5.32 Å². The van der Waals surface area contributed by atoms with E-state index in [1.54, 1.807) is 0 Å². The molecule has 1 aliphatic heterocycles. The number of aromatic nitrogens is 2. The first-order valence-corrected chi connectivity index (χ1v) is 9.99. The van der Waals surface area contributed by atoms with Crippen LogP contribution >= 0.6 is 12.4 Å². The molecule has 4 nitrogen and oxygen atoms in total. The molecule has 2 aromatic heterocycles. The molecule has 1 N–H and O–H groups in total. The Morgan fingerprint density at radius 1 is 1.04 bits per heavy atom. The van der Waals surface area contributed by atoms with E-state index in [-0.39, 0.29) is 12.4 Å². The maximum Gasteiger partial charge on any atom is 0.0705 e. The predicted molar refractivity (Wildman–Crippen MR) is 118 cm³/mol. The summed E-state index contributed by atoms with van der Waals surface area (Å²) < 4.78 is 0. The van der Waals surface area contributed by atoms with Crippen molar-refractivity contribution in [2.24, 2.45) is 0 Å². The van der Waals surface area contributed by atoms with Gasteiger partial charge in [-0.2, -0.15) is 0 Å². The highest BCUT2D eigenvalue weighted by atomic mass is 35.5. The van der Waals surface area contributed by atoms with Crippen molar-refractivity contribution < 1.29 is 0 Å². The summed E-state index contributed by atoms with van der Waals surface area (Å²) in [6.07, 6.45) is 5.58. The van der Waals surface area contributed by atoms with Crippen LogP contribution in [0.1, 0.15) is 36.2 Å². The van der Waals surface area contributed by atoms with Gasteiger partial charge >= 0.3 is 0 Å². The van der Waals surface area contributed by atoms with Gasteiger partial charge in [-0.25, -0.2) is 0 Å². The summed E-state index contributed by atoms with van der Waals surface area (Å²) in [7, 11) is 0. The molecule has 1 unspecified atom stereocenters. The monoisotopic (exact) mass is 396 g/mol. The number of aryl methyl sites for hydroxylation is 1. The zero-order valence-corrected chi connectivity index (χ0v) is 17.3. The van der Waals surface area contributed by atoms with Crippen LogP contribution in [-0.4, -0.2) is 34.0 Å².